The molecule has 0 saturated carbocycles. The molecule has 19 heavy (non-hydrogen) atoms. The molecule has 0 aliphatic carbocycles. The van der Waals surface area contributed by atoms with Gasteiger partial charge in [-0.25, -0.2) is 0 Å². The van der Waals surface area contributed by atoms with Crippen LogP contribution in [0.15, 0.2) is 4.52 Å². The number of methoxy groups -OCH3 is 1. The third-order valence-corrected chi connectivity index (χ3v) is 4.04. The third-order valence-electron chi connectivity index (χ3n) is 4.04. The van der Waals surface area contributed by atoms with E-state index in [9.17, 15) is 0 Å². The van der Waals surface area contributed by atoms with Crippen molar-refractivity contribution in [3.05, 3.63) is 11.7 Å². The van der Waals surface area contributed by atoms with Crippen LogP contribution in [0.1, 0.15) is 50.7 Å². The molecule has 0 aromatic carbocycles. The molecule has 1 aliphatic heterocycles. The van der Waals surface area contributed by atoms with Crippen molar-refractivity contribution in [2.75, 3.05) is 20.3 Å². The van der Waals surface area contributed by atoms with Crippen molar-refractivity contribution in [1.82, 2.24) is 10.1 Å². The summed E-state index contributed by atoms with van der Waals surface area (Å²) in [4.78, 5) is 4.51. The highest BCUT2D eigenvalue weighted by atomic mass is 16.5. The van der Waals surface area contributed by atoms with Gasteiger partial charge in [-0.3, -0.25) is 0 Å². The van der Waals surface area contributed by atoms with E-state index in [2.05, 4.69) is 10.1 Å². The molecule has 2 unspecified atom stereocenters. The second-order valence-electron chi connectivity index (χ2n) is 5.13. The van der Waals surface area contributed by atoms with Crippen molar-refractivity contribution in [2.24, 2.45) is 5.73 Å². The van der Waals surface area contributed by atoms with Crippen LogP contribution in [0.4, 0.5) is 0 Å². The zero-order valence-electron chi connectivity index (χ0n) is 11.9. The maximum Gasteiger partial charge on any atom is 0.231 e. The fourth-order valence-corrected chi connectivity index (χ4v) is 2.36. The Morgan fingerprint density at radius 1 is 1.42 bits per heavy atom. The van der Waals surface area contributed by atoms with E-state index in [1.165, 1.54) is 0 Å². The topological polar surface area (TPSA) is 83.4 Å². The summed E-state index contributed by atoms with van der Waals surface area (Å²) < 4.78 is 16.4. The van der Waals surface area contributed by atoms with Gasteiger partial charge in [0.15, 0.2) is 0 Å². The highest BCUT2D eigenvalue weighted by molar-refractivity contribution is 5.05. The minimum Gasteiger partial charge on any atom is -0.381 e. The molecule has 1 saturated heterocycles. The first-order valence-corrected chi connectivity index (χ1v) is 6.85. The monoisotopic (exact) mass is 269 g/mol. The van der Waals surface area contributed by atoms with Crippen LogP contribution in [0.3, 0.4) is 0 Å². The predicted molar refractivity (Wildman–Crippen MR) is 69.7 cm³/mol. The summed E-state index contributed by atoms with van der Waals surface area (Å²) in [5, 5.41) is 4.10. The van der Waals surface area contributed by atoms with Crippen molar-refractivity contribution < 1.29 is 14.0 Å². The zero-order chi connectivity index (χ0) is 13.9. The summed E-state index contributed by atoms with van der Waals surface area (Å²) in [6.07, 6.45) is 2.37. The standard InChI is InChI=1S/C13H23N3O3/c1-4-10(14)9(2)11-15-12(16-19-11)13(17-3)5-7-18-8-6-13/h9-10H,4-8,14H2,1-3H3. The molecule has 2 rings (SSSR count). The van der Waals surface area contributed by atoms with Gasteiger partial charge in [-0.2, -0.15) is 4.98 Å². The summed E-state index contributed by atoms with van der Waals surface area (Å²) in [5.41, 5.74) is 5.55. The molecular formula is C13H23N3O3. The van der Waals surface area contributed by atoms with E-state index in [0.717, 1.165) is 19.3 Å². The molecule has 0 radical (unpaired) electrons. The molecule has 2 atom stereocenters. The molecular weight excluding hydrogens is 246 g/mol. The summed E-state index contributed by atoms with van der Waals surface area (Å²) >= 11 is 0. The highest BCUT2D eigenvalue weighted by Gasteiger charge is 2.39. The Kier molecular flexibility index (Phi) is 4.54. The van der Waals surface area contributed by atoms with E-state index < -0.39 is 5.60 Å². The maximum absolute atomic E-state index is 6.02. The lowest BCUT2D eigenvalue weighted by atomic mass is 9.93. The summed E-state index contributed by atoms with van der Waals surface area (Å²) in [6.45, 7) is 5.37. The molecule has 0 spiro atoms. The van der Waals surface area contributed by atoms with Crippen molar-refractivity contribution in [1.29, 1.82) is 0 Å². The van der Waals surface area contributed by atoms with E-state index in [4.69, 9.17) is 19.7 Å². The van der Waals surface area contributed by atoms with E-state index in [1.807, 2.05) is 13.8 Å². The number of nitrogens with zero attached hydrogens (tertiary/aromatic N) is 2. The van der Waals surface area contributed by atoms with Gasteiger partial charge >= 0.3 is 0 Å². The first-order valence-electron chi connectivity index (χ1n) is 6.85. The van der Waals surface area contributed by atoms with Gasteiger partial charge in [-0.05, 0) is 6.42 Å². The van der Waals surface area contributed by atoms with Crippen molar-refractivity contribution >= 4 is 0 Å². The largest absolute Gasteiger partial charge is 0.381 e. The normalized spacial score (nSPS) is 22.1. The van der Waals surface area contributed by atoms with E-state index >= 15 is 0 Å². The Morgan fingerprint density at radius 2 is 2.11 bits per heavy atom. The Balaban J connectivity index is 2.19. The van der Waals surface area contributed by atoms with Crippen LogP contribution in [-0.2, 0) is 15.1 Å². The van der Waals surface area contributed by atoms with E-state index in [0.29, 0.717) is 24.9 Å². The number of aromatic nitrogens is 2. The van der Waals surface area contributed by atoms with Gasteiger partial charge in [0.25, 0.3) is 0 Å². The molecule has 1 aromatic rings. The van der Waals surface area contributed by atoms with Crippen LogP contribution in [0, 0.1) is 0 Å². The van der Waals surface area contributed by atoms with Gasteiger partial charge in [-0.1, -0.05) is 19.0 Å². The fourth-order valence-electron chi connectivity index (χ4n) is 2.36. The van der Waals surface area contributed by atoms with Crippen LogP contribution in [0.2, 0.25) is 0 Å². The van der Waals surface area contributed by atoms with Crippen LogP contribution in [0.25, 0.3) is 0 Å². The Labute approximate surface area is 113 Å². The van der Waals surface area contributed by atoms with Gasteiger partial charge in [0.1, 0.15) is 5.60 Å². The predicted octanol–water partition coefficient (Wildman–Crippen LogP) is 1.56. The molecule has 2 N–H and O–H groups in total. The van der Waals surface area contributed by atoms with Gasteiger partial charge < -0.3 is 19.7 Å². The van der Waals surface area contributed by atoms with Crippen LogP contribution in [-0.4, -0.2) is 36.5 Å². The van der Waals surface area contributed by atoms with Gasteiger partial charge in [0.05, 0.1) is 5.92 Å². The minimum absolute atomic E-state index is 0.0292. The first kappa shape index (κ1) is 14.4. The second kappa shape index (κ2) is 5.98. The average Bonchev–Trinajstić information content (AvgIpc) is 2.96. The second-order valence-corrected chi connectivity index (χ2v) is 5.13. The third kappa shape index (κ3) is 2.80. The van der Waals surface area contributed by atoms with Crippen molar-refractivity contribution in [3.8, 4) is 0 Å². The lowest BCUT2D eigenvalue weighted by Gasteiger charge is -2.32. The quantitative estimate of drug-likeness (QED) is 0.873. The number of hydrogen-bond acceptors (Lipinski definition) is 6. The number of rotatable bonds is 5. The SMILES string of the molecule is CCC(N)C(C)c1nc(C2(OC)CCOCC2)no1. The van der Waals surface area contributed by atoms with Crippen LogP contribution >= 0.6 is 0 Å². The van der Waals surface area contributed by atoms with Gasteiger partial charge in [0, 0.05) is 39.2 Å². The highest BCUT2D eigenvalue weighted by Crippen LogP contribution is 2.34. The Morgan fingerprint density at radius 3 is 2.68 bits per heavy atom. The minimum atomic E-state index is -0.476. The number of ether oxygens (including phenoxy) is 2. The molecule has 0 bridgehead atoms. The molecule has 108 valence electrons. The molecule has 6 nitrogen and oxygen atoms in total. The Hall–Kier alpha value is -0.980. The summed E-state index contributed by atoms with van der Waals surface area (Å²) in [5.74, 6) is 1.26. The lowest BCUT2D eigenvalue weighted by molar-refractivity contribution is -0.101. The van der Waals surface area contributed by atoms with Crippen LogP contribution < -0.4 is 5.73 Å². The first-order chi connectivity index (χ1) is 9.13. The maximum atomic E-state index is 6.02. The average molecular weight is 269 g/mol. The van der Waals surface area contributed by atoms with Gasteiger partial charge in [-0.15, -0.1) is 0 Å². The molecule has 0 amide bonds. The van der Waals surface area contributed by atoms with Crippen LogP contribution in [0.5, 0.6) is 0 Å². The number of nitrogens with two attached hydrogens (primary N) is 1. The molecule has 2 heterocycles. The van der Waals surface area contributed by atoms with Crippen molar-refractivity contribution in [2.45, 2.75) is 50.7 Å². The lowest BCUT2D eigenvalue weighted by Crippen LogP contribution is -2.36. The molecule has 1 aliphatic rings. The van der Waals surface area contributed by atoms with Crippen molar-refractivity contribution in [3.63, 3.8) is 0 Å². The molecule has 6 heteroatoms. The molecule has 1 fully saturated rings. The summed E-state index contributed by atoms with van der Waals surface area (Å²) in [7, 11) is 1.68. The zero-order valence-corrected chi connectivity index (χ0v) is 11.9. The van der Waals surface area contributed by atoms with Gasteiger partial charge in [0.2, 0.25) is 11.7 Å². The molecule has 1 aromatic heterocycles. The fraction of sp³-hybridized carbons (Fsp3) is 0.846. The smallest absolute Gasteiger partial charge is 0.231 e. The number of hydrogen-bond donors (Lipinski definition) is 1. The van der Waals surface area contributed by atoms with E-state index in [1.54, 1.807) is 7.11 Å². The van der Waals surface area contributed by atoms with E-state index in [-0.39, 0.29) is 12.0 Å². The Bertz CT molecular complexity index is 402. The summed E-state index contributed by atoms with van der Waals surface area (Å²) in [6, 6.07) is 0.0292.